The van der Waals surface area contributed by atoms with Gasteiger partial charge >= 0.3 is 6.18 Å². The van der Waals surface area contributed by atoms with E-state index in [-0.39, 0.29) is 35.4 Å². The van der Waals surface area contributed by atoms with Crippen LogP contribution >= 0.6 is 11.3 Å². The van der Waals surface area contributed by atoms with Gasteiger partial charge in [0.25, 0.3) is 0 Å². The van der Waals surface area contributed by atoms with Gasteiger partial charge in [-0.3, -0.25) is 4.40 Å². The minimum atomic E-state index is -4.54. The highest BCUT2D eigenvalue weighted by Crippen LogP contribution is 2.34. The van der Waals surface area contributed by atoms with Crippen LogP contribution in [0, 0.1) is 5.82 Å². The molecule has 0 atom stereocenters. The van der Waals surface area contributed by atoms with E-state index in [1.807, 2.05) is 16.0 Å². The van der Waals surface area contributed by atoms with Crippen LogP contribution < -0.4 is 5.32 Å². The Hall–Kier alpha value is -3.84. The van der Waals surface area contributed by atoms with E-state index in [1.165, 1.54) is 23.5 Å². The number of imidazole rings is 1. The number of fused-ring (bicyclic) bond motifs is 1. The van der Waals surface area contributed by atoms with Crippen LogP contribution in [0.5, 0.6) is 0 Å². The highest BCUT2D eigenvalue weighted by molar-refractivity contribution is 7.91. The zero-order valence-electron chi connectivity index (χ0n) is 19.5. The second kappa shape index (κ2) is 10.1. The maximum atomic E-state index is 13.5. The summed E-state index contributed by atoms with van der Waals surface area (Å²) in [6, 6.07) is 11.2. The summed E-state index contributed by atoms with van der Waals surface area (Å²) in [5.41, 5.74) is 1.70. The lowest BCUT2D eigenvalue weighted by Gasteiger charge is -2.09. The van der Waals surface area contributed by atoms with Crippen molar-refractivity contribution in [2.24, 2.45) is 0 Å². The molecule has 0 amide bonds. The van der Waals surface area contributed by atoms with Gasteiger partial charge in [0.1, 0.15) is 11.5 Å². The quantitative estimate of drug-likeness (QED) is 0.186. The van der Waals surface area contributed by atoms with E-state index in [4.69, 9.17) is 0 Å². The molecule has 2 aromatic carbocycles. The minimum absolute atomic E-state index is 0.169. The van der Waals surface area contributed by atoms with Crippen molar-refractivity contribution in [1.29, 1.82) is 0 Å². The Balaban J connectivity index is 1.29. The smallest absolute Gasteiger partial charge is 0.354 e. The van der Waals surface area contributed by atoms with Crippen molar-refractivity contribution in [1.82, 2.24) is 19.4 Å². The van der Waals surface area contributed by atoms with Crippen molar-refractivity contribution >= 4 is 32.1 Å². The molecule has 0 spiro atoms. The zero-order valence-corrected chi connectivity index (χ0v) is 21.1. The van der Waals surface area contributed by atoms with Crippen LogP contribution in [0.4, 0.5) is 23.5 Å². The molecule has 5 rings (SSSR count). The molecule has 0 fully saturated rings. The van der Waals surface area contributed by atoms with Gasteiger partial charge in [0.05, 0.1) is 27.6 Å². The van der Waals surface area contributed by atoms with Crippen LogP contribution in [-0.4, -0.2) is 40.1 Å². The molecular weight excluding hydrogens is 542 g/mol. The lowest BCUT2D eigenvalue weighted by atomic mass is 10.1. The minimum Gasteiger partial charge on any atom is -0.354 e. The molecule has 5 aromatic rings. The number of hydrogen-bond acceptors (Lipinski definition) is 7. The van der Waals surface area contributed by atoms with E-state index in [9.17, 15) is 26.0 Å². The summed E-state index contributed by atoms with van der Waals surface area (Å²) in [6.07, 6.45) is -0.938. The highest BCUT2D eigenvalue weighted by atomic mass is 32.2. The Morgan fingerprint density at radius 3 is 2.42 bits per heavy atom. The number of sulfone groups is 1. The summed E-state index contributed by atoms with van der Waals surface area (Å²) < 4.78 is 78.6. The zero-order chi connectivity index (χ0) is 26.9. The number of alkyl halides is 3. The predicted molar refractivity (Wildman–Crippen MR) is 136 cm³/mol. The second-order valence-electron chi connectivity index (χ2n) is 8.26. The average molecular weight is 562 g/mol. The van der Waals surface area contributed by atoms with Crippen LogP contribution in [0.15, 0.2) is 77.3 Å². The van der Waals surface area contributed by atoms with E-state index >= 15 is 0 Å². The average Bonchev–Trinajstić information content (AvgIpc) is 3.48. The first-order valence-corrected chi connectivity index (χ1v) is 13.8. The van der Waals surface area contributed by atoms with E-state index in [0.717, 1.165) is 34.8 Å². The van der Waals surface area contributed by atoms with E-state index in [2.05, 4.69) is 20.3 Å². The normalized spacial score (nSPS) is 12.2. The van der Waals surface area contributed by atoms with Gasteiger partial charge in [-0.2, -0.15) is 13.2 Å². The first kappa shape index (κ1) is 25.8. The van der Waals surface area contributed by atoms with Gasteiger partial charge in [-0.1, -0.05) is 0 Å². The number of rotatable bonds is 8. The predicted octanol–water partition coefficient (Wildman–Crippen LogP) is 5.95. The summed E-state index contributed by atoms with van der Waals surface area (Å²) in [7, 11) is -3.76. The summed E-state index contributed by atoms with van der Waals surface area (Å²) in [5.74, 6) is -0.354. The van der Waals surface area contributed by atoms with Crippen LogP contribution in [0.3, 0.4) is 0 Å². The molecule has 0 unspecified atom stereocenters. The Kier molecular flexibility index (Phi) is 6.88. The van der Waals surface area contributed by atoms with Crippen molar-refractivity contribution in [2.75, 3.05) is 17.6 Å². The fourth-order valence-corrected chi connectivity index (χ4v) is 5.87. The van der Waals surface area contributed by atoms with Gasteiger partial charge in [0.2, 0.25) is 5.95 Å². The molecular formula is C25H19F4N5O2S2. The number of aromatic nitrogens is 4. The van der Waals surface area contributed by atoms with Crippen LogP contribution in [0.25, 0.3) is 27.6 Å². The van der Waals surface area contributed by atoms with Gasteiger partial charge in [0.15, 0.2) is 14.8 Å². The number of nitrogens with zero attached hydrogens (tertiary/aromatic N) is 4. The molecule has 3 aromatic heterocycles. The highest BCUT2D eigenvalue weighted by Gasteiger charge is 2.30. The number of halogens is 4. The molecule has 0 radical (unpaired) electrons. The monoisotopic (exact) mass is 561 g/mol. The molecule has 0 saturated carbocycles. The van der Waals surface area contributed by atoms with Gasteiger partial charge < -0.3 is 5.32 Å². The molecule has 1 N–H and O–H groups in total. The molecule has 0 bridgehead atoms. The number of anilines is 1. The largest absolute Gasteiger partial charge is 0.416 e. The van der Waals surface area contributed by atoms with Crippen molar-refractivity contribution in [2.45, 2.75) is 17.5 Å². The van der Waals surface area contributed by atoms with Crippen molar-refractivity contribution in [3.63, 3.8) is 0 Å². The topological polar surface area (TPSA) is 89.2 Å². The third-order valence-electron chi connectivity index (χ3n) is 5.69. The number of nitrogens with one attached hydrogen (secondary N) is 1. The summed E-state index contributed by atoms with van der Waals surface area (Å²) in [4.78, 5) is 14.0. The standard InChI is InChI=1S/C25H19F4N5O2S2/c26-18-6-2-16(3-7-18)21-22(34-13-14-37-24(34)33-21)20-10-12-31-23(32-20)30-11-1-15-38(35,36)19-8-4-17(5-9-19)25(27,28)29/h2-10,12-14H,1,11,15H2,(H,30,31,32). The van der Waals surface area contributed by atoms with Gasteiger partial charge in [-0.15, -0.1) is 11.3 Å². The van der Waals surface area contributed by atoms with Crippen LogP contribution in [0.1, 0.15) is 12.0 Å². The molecule has 196 valence electrons. The third-order valence-corrected chi connectivity index (χ3v) is 8.26. The van der Waals surface area contributed by atoms with Crippen LogP contribution in [-0.2, 0) is 16.0 Å². The van der Waals surface area contributed by atoms with E-state index < -0.39 is 21.6 Å². The second-order valence-corrected chi connectivity index (χ2v) is 11.2. The molecule has 0 aliphatic rings. The first-order chi connectivity index (χ1) is 18.1. The Bertz CT molecular complexity index is 1680. The Labute approximate surface area is 218 Å². The number of thiazole rings is 1. The molecule has 0 aliphatic carbocycles. The summed E-state index contributed by atoms with van der Waals surface area (Å²) >= 11 is 1.44. The summed E-state index contributed by atoms with van der Waals surface area (Å²) in [5, 5.41) is 4.88. The van der Waals surface area contributed by atoms with Crippen molar-refractivity contribution in [3.8, 4) is 22.6 Å². The van der Waals surface area contributed by atoms with Gasteiger partial charge in [0, 0.05) is 29.9 Å². The SMILES string of the molecule is O=S(=O)(CCCNc1nccc(-c2c(-c3ccc(F)cc3)nc3sccn23)n1)c1ccc(C(F)(F)F)cc1. The molecule has 13 heteroatoms. The first-order valence-electron chi connectivity index (χ1n) is 11.3. The number of hydrogen-bond donors (Lipinski definition) is 1. The molecule has 0 aliphatic heterocycles. The molecule has 38 heavy (non-hydrogen) atoms. The maximum Gasteiger partial charge on any atom is 0.416 e. The van der Waals surface area contributed by atoms with Crippen molar-refractivity contribution in [3.05, 3.63) is 83.8 Å². The Morgan fingerprint density at radius 1 is 0.974 bits per heavy atom. The maximum absolute atomic E-state index is 13.5. The van der Waals surface area contributed by atoms with Crippen molar-refractivity contribution < 1.29 is 26.0 Å². The molecule has 3 heterocycles. The van der Waals surface area contributed by atoms with Gasteiger partial charge in [-0.05, 0) is 61.0 Å². The molecule has 0 saturated heterocycles. The van der Waals surface area contributed by atoms with E-state index in [0.29, 0.717) is 17.1 Å². The molecule has 7 nitrogen and oxygen atoms in total. The van der Waals surface area contributed by atoms with Crippen LogP contribution in [0.2, 0.25) is 0 Å². The fourth-order valence-electron chi connectivity index (χ4n) is 3.85. The van der Waals surface area contributed by atoms with E-state index in [1.54, 1.807) is 24.4 Å². The fraction of sp³-hybridized carbons (Fsp3) is 0.160. The number of benzene rings is 2. The van der Waals surface area contributed by atoms with Gasteiger partial charge in [-0.25, -0.2) is 27.8 Å². The third kappa shape index (κ3) is 5.38. The summed E-state index contributed by atoms with van der Waals surface area (Å²) in [6.45, 7) is 0.217. The lowest BCUT2D eigenvalue weighted by molar-refractivity contribution is -0.137. The lowest BCUT2D eigenvalue weighted by Crippen LogP contribution is -2.13. The Morgan fingerprint density at radius 2 is 1.71 bits per heavy atom.